The van der Waals surface area contributed by atoms with Gasteiger partial charge in [0.15, 0.2) is 0 Å². The molecule has 94 valence electrons. The molecule has 1 N–H and O–H groups in total. The van der Waals surface area contributed by atoms with Crippen molar-refractivity contribution in [3.8, 4) is 5.75 Å². The Bertz CT molecular complexity index is 531. The molecular formula is C13H15N3O2. The number of carbonyl (C=O) groups excluding carboxylic acids is 1. The lowest BCUT2D eigenvalue weighted by atomic mass is 10.3. The van der Waals surface area contributed by atoms with E-state index in [2.05, 4.69) is 10.4 Å². The van der Waals surface area contributed by atoms with Gasteiger partial charge in [0.05, 0.1) is 19.3 Å². The standard InChI is InChI=1S/C13H15N3O2/c1-10-7-8-16(15-10)13(17)9-14-11-3-5-12(18-2)6-4-11/h3-8,14H,9H2,1-2H3. The molecule has 1 aromatic heterocycles. The van der Waals surface area contributed by atoms with Gasteiger partial charge in [0.25, 0.3) is 5.91 Å². The van der Waals surface area contributed by atoms with Crippen molar-refractivity contribution in [3.05, 3.63) is 42.2 Å². The zero-order valence-electron chi connectivity index (χ0n) is 10.4. The lowest BCUT2D eigenvalue weighted by Gasteiger charge is -2.06. The number of hydrogen-bond acceptors (Lipinski definition) is 4. The van der Waals surface area contributed by atoms with Crippen LogP contribution >= 0.6 is 0 Å². The third-order valence-electron chi connectivity index (χ3n) is 2.51. The Morgan fingerprint density at radius 1 is 1.33 bits per heavy atom. The van der Waals surface area contributed by atoms with Crippen molar-refractivity contribution in [2.75, 3.05) is 19.0 Å². The Hall–Kier alpha value is -2.30. The van der Waals surface area contributed by atoms with Crippen LogP contribution in [0.2, 0.25) is 0 Å². The van der Waals surface area contributed by atoms with Crippen molar-refractivity contribution in [1.82, 2.24) is 9.78 Å². The Balaban J connectivity index is 1.92. The minimum Gasteiger partial charge on any atom is -0.497 e. The fourth-order valence-corrected chi connectivity index (χ4v) is 1.52. The quantitative estimate of drug-likeness (QED) is 0.894. The first-order chi connectivity index (χ1) is 8.69. The van der Waals surface area contributed by atoms with Crippen molar-refractivity contribution in [2.45, 2.75) is 6.92 Å². The van der Waals surface area contributed by atoms with Crippen LogP contribution in [-0.4, -0.2) is 29.3 Å². The van der Waals surface area contributed by atoms with Gasteiger partial charge in [-0.05, 0) is 37.3 Å². The topological polar surface area (TPSA) is 56.1 Å². The largest absolute Gasteiger partial charge is 0.497 e. The van der Waals surface area contributed by atoms with E-state index in [1.54, 1.807) is 19.4 Å². The number of methoxy groups -OCH3 is 1. The van der Waals surface area contributed by atoms with Gasteiger partial charge in [0.2, 0.25) is 0 Å². The molecule has 0 saturated heterocycles. The Morgan fingerprint density at radius 3 is 2.61 bits per heavy atom. The summed E-state index contributed by atoms with van der Waals surface area (Å²) in [4.78, 5) is 11.8. The van der Waals surface area contributed by atoms with E-state index >= 15 is 0 Å². The second kappa shape index (κ2) is 5.35. The van der Waals surface area contributed by atoms with Crippen LogP contribution in [0.1, 0.15) is 10.5 Å². The normalized spacial score (nSPS) is 10.1. The minimum atomic E-state index is -0.0982. The van der Waals surface area contributed by atoms with Crippen molar-refractivity contribution in [1.29, 1.82) is 0 Å². The molecule has 1 aromatic carbocycles. The molecule has 5 heteroatoms. The van der Waals surface area contributed by atoms with Gasteiger partial charge in [0, 0.05) is 11.9 Å². The van der Waals surface area contributed by atoms with Crippen LogP contribution in [0, 0.1) is 6.92 Å². The second-order valence-corrected chi connectivity index (χ2v) is 3.88. The SMILES string of the molecule is COc1ccc(NCC(=O)n2ccc(C)n2)cc1. The highest BCUT2D eigenvalue weighted by molar-refractivity contribution is 5.82. The number of aryl methyl sites for hydroxylation is 1. The van der Waals surface area contributed by atoms with E-state index in [0.29, 0.717) is 0 Å². The molecule has 0 aliphatic carbocycles. The summed E-state index contributed by atoms with van der Waals surface area (Å²) < 4.78 is 6.40. The summed E-state index contributed by atoms with van der Waals surface area (Å²) in [7, 11) is 1.62. The summed E-state index contributed by atoms with van der Waals surface area (Å²) in [6.45, 7) is 2.05. The number of nitrogens with zero attached hydrogens (tertiary/aromatic N) is 2. The van der Waals surface area contributed by atoms with Crippen molar-refractivity contribution in [2.24, 2.45) is 0 Å². The van der Waals surface area contributed by atoms with E-state index in [1.165, 1.54) is 4.68 Å². The van der Waals surface area contributed by atoms with Crippen molar-refractivity contribution < 1.29 is 9.53 Å². The van der Waals surface area contributed by atoms with Crippen LogP contribution in [0.4, 0.5) is 5.69 Å². The molecule has 1 heterocycles. The molecule has 0 aliphatic heterocycles. The van der Waals surface area contributed by atoms with Crippen LogP contribution < -0.4 is 10.1 Å². The highest BCUT2D eigenvalue weighted by atomic mass is 16.5. The smallest absolute Gasteiger partial charge is 0.266 e. The van der Waals surface area contributed by atoms with Crippen LogP contribution in [0.25, 0.3) is 0 Å². The first-order valence-corrected chi connectivity index (χ1v) is 5.62. The predicted octanol–water partition coefficient (Wildman–Crippen LogP) is 1.95. The van der Waals surface area contributed by atoms with E-state index in [-0.39, 0.29) is 12.5 Å². The van der Waals surface area contributed by atoms with Gasteiger partial charge in [-0.15, -0.1) is 0 Å². The van der Waals surface area contributed by atoms with Crippen LogP contribution in [0.3, 0.4) is 0 Å². The second-order valence-electron chi connectivity index (χ2n) is 3.88. The maximum Gasteiger partial charge on any atom is 0.266 e. The molecule has 0 radical (unpaired) electrons. The summed E-state index contributed by atoms with van der Waals surface area (Å²) in [5.41, 5.74) is 1.70. The molecule has 18 heavy (non-hydrogen) atoms. The first kappa shape index (κ1) is 12.2. The first-order valence-electron chi connectivity index (χ1n) is 5.62. The van der Waals surface area contributed by atoms with E-state index in [1.807, 2.05) is 31.2 Å². The van der Waals surface area contributed by atoms with Gasteiger partial charge in [0.1, 0.15) is 5.75 Å². The van der Waals surface area contributed by atoms with E-state index in [0.717, 1.165) is 17.1 Å². The third-order valence-corrected chi connectivity index (χ3v) is 2.51. The van der Waals surface area contributed by atoms with Crippen molar-refractivity contribution in [3.63, 3.8) is 0 Å². The number of benzene rings is 1. The molecule has 0 aliphatic rings. The highest BCUT2D eigenvalue weighted by Gasteiger charge is 2.05. The summed E-state index contributed by atoms with van der Waals surface area (Å²) >= 11 is 0. The van der Waals surface area contributed by atoms with Gasteiger partial charge in [-0.25, -0.2) is 4.68 Å². The minimum absolute atomic E-state index is 0.0982. The maximum atomic E-state index is 11.8. The van der Waals surface area contributed by atoms with Gasteiger partial charge in [-0.2, -0.15) is 5.10 Å². The molecule has 2 aromatic rings. The predicted molar refractivity (Wildman–Crippen MR) is 69.1 cm³/mol. The molecular weight excluding hydrogens is 230 g/mol. The zero-order valence-corrected chi connectivity index (χ0v) is 10.4. The van der Waals surface area contributed by atoms with Gasteiger partial charge >= 0.3 is 0 Å². The average molecular weight is 245 g/mol. The maximum absolute atomic E-state index is 11.8. The Labute approximate surface area is 105 Å². The molecule has 0 bridgehead atoms. The lowest BCUT2D eigenvalue weighted by Crippen LogP contribution is -2.21. The number of rotatable bonds is 4. The number of nitrogens with one attached hydrogen (secondary N) is 1. The number of hydrogen-bond donors (Lipinski definition) is 1. The van der Waals surface area contributed by atoms with Crippen molar-refractivity contribution >= 4 is 11.6 Å². The van der Waals surface area contributed by atoms with Gasteiger partial charge < -0.3 is 10.1 Å². The van der Waals surface area contributed by atoms with E-state index in [4.69, 9.17) is 4.74 Å². The number of aromatic nitrogens is 2. The summed E-state index contributed by atoms with van der Waals surface area (Å²) in [6, 6.07) is 9.20. The summed E-state index contributed by atoms with van der Waals surface area (Å²) in [6.07, 6.45) is 1.66. The average Bonchev–Trinajstić information content (AvgIpc) is 2.83. The molecule has 5 nitrogen and oxygen atoms in total. The lowest BCUT2D eigenvalue weighted by molar-refractivity contribution is 0.0913. The van der Waals surface area contributed by atoms with Crippen LogP contribution in [0.15, 0.2) is 36.5 Å². The van der Waals surface area contributed by atoms with Crippen LogP contribution in [-0.2, 0) is 0 Å². The number of carbonyl (C=O) groups is 1. The molecule has 0 saturated carbocycles. The molecule has 0 spiro atoms. The highest BCUT2D eigenvalue weighted by Crippen LogP contribution is 2.14. The monoisotopic (exact) mass is 245 g/mol. The Morgan fingerprint density at radius 2 is 2.06 bits per heavy atom. The zero-order chi connectivity index (χ0) is 13.0. The van der Waals surface area contributed by atoms with Gasteiger partial charge in [-0.3, -0.25) is 4.79 Å². The molecule has 0 fully saturated rings. The summed E-state index contributed by atoms with van der Waals surface area (Å²) in [5.74, 6) is 0.688. The fraction of sp³-hybridized carbons (Fsp3) is 0.231. The number of ether oxygens (including phenoxy) is 1. The van der Waals surface area contributed by atoms with Crippen LogP contribution in [0.5, 0.6) is 5.75 Å². The molecule has 0 atom stereocenters. The molecule has 0 amide bonds. The fourth-order valence-electron chi connectivity index (χ4n) is 1.52. The summed E-state index contributed by atoms with van der Waals surface area (Å²) in [5, 5.41) is 7.09. The molecule has 2 rings (SSSR count). The molecule has 0 unspecified atom stereocenters. The van der Waals surface area contributed by atoms with E-state index < -0.39 is 0 Å². The van der Waals surface area contributed by atoms with Gasteiger partial charge in [-0.1, -0.05) is 0 Å². The number of anilines is 1. The third kappa shape index (κ3) is 2.88. The Kier molecular flexibility index (Phi) is 3.62. The van der Waals surface area contributed by atoms with E-state index in [9.17, 15) is 4.79 Å².